The summed E-state index contributed by atoms with van der Waals surface area (Å²) in [6, 6.07) is 11.2. The van der Waals surface area contributed by atoms with Gasteiger partial charge in [-0.1, -0.05) is 36.4 Å². The second-order valence-electron chi connectivity index (χ2n) is 9.83. The molecule has 11 heteroatoms. The second kappa shape index (κ2) is 11.2. The smallest absolute Gasteiger partial charge is 0.340 e. The molecule has 0 saturated carbocycles. The van der Waals surface area contributed by atoms with Gasteiger partial charge in [-0.05, 0) is 42.9 Å². The molecule has 1 saturated heterocycles. The van der Waals surface area contributed by atoms with E-state index in [0.29, 0.717) is 23.9 Å². The molecule has 0 radical (unpaired) electrons. The molecule has 2 amide bonds. The lowest BCUT2D eigenvalue weighted by atomic mass is 9.86. The topological polar surface area (TPSA) is 58.4 Å². The Hall–Kier alpha value is -3.76. The van der Waals surface area contributed by atoms with Gasteiger partial charge >= 0.3 is 6.18 Å². The number of piperidine rings is 1. The first-order valence-corrected chi connectivity index (χ1v) is 12.5. The zero-order valence-electron chi connectivity index (χ0n) is 21.9. The fourth-order valence-electron chi connectivity index (χ4n) is 4.95. The molecule has 4 rings (SSSR count). The van der Waals surface area contributed by atoms with Gasteiger partial charge in [-0.25, -0.2) is 8.78 Å². The molecule has 0 unspecified atom stereocenters. The van der Waals surface area contributed by atoms with Crippen LogP contribution in [0.1, 0.15) is 64.1 Å². The number of benzene rings is 2. The minimum Gasteiger partial charge on any atom is -0.340 e. The molecule has 0 aliphatic carbocycles. The number of halogens is 5. The van der Waals surface area contributed by atoms with Gasteiger partial charge in [0.25, 0.3) is 5.91 Å². The number of aromatic nitrogens is 2. The maximum Gasteiger partial charge on any atom is 0.419 e. The highest BCUT2D eigenvalue weighted by molar-refractivity contribution is 5.94. The van der Waals surface area contributed by atoms with Crippen LogP contribution in [0.15, 0.2) is 42.5 Å². The first-order chi connectivity index (χ1) is 18.4. The van der Waals surface area contributed by atoms with Crippen molar-refractivity contribution in [2.45, 2.75) is 51.9 Å². The van der Waals surface area contributed by atoms with Crippen molar-refractivity contribution in [1.82, 2.24) is 19.6 Å². The molecule has 0 bridgehead atoms. The normalized spacial score (nSPS) is 14.5. The Morgan fingerprint density at radius 3 is 2.28 bits per heavy atom. The van der Waals surface area contributed by atoms with Crippen molar-refractivity contribution in [2.75, 3.05) is 20.1 Å². The Morgan fingerprint density at radius 2 is 1.69 bits per heavy atom. The largest absolute Gasteiger partial charge is 0.419 e. The molecule has 0 spiro atoms. The Balaban J connectivity index is 1.57. The Kier molecular flexibility index (Phi) is 8.08. The van der Waals surface area contributed by atoms with E-state index in [1.165, 1.54) is 16.7 Å². The fourth-order valence-corrected chi connectivity index (χ4v) is 4.95. The third-order valence-electron chi connectivity index (χ3n) is 7.26. The van der Waals surface area contributed by atoms with Gasteiger partial charge in [-0.15, -0.1) is 0 Å². The van der Waals surface area contributed by atoms with Crippen molar-refractivity contribution in [3.8, 4) is 0 Å². The highest BCUT2D eigenvalue weighted by Gasteiger charge is 2.41. The number of carbonyl (C=O) groups excluding carboxylic acids is 2. The number of alkyl halides is 3. The zero-order chi connectivity index (χ0) is 28.5. The summed E-state index contributed by atoms with van der Waals surface area (Å²) in [6.07, 6.45) is -4.73. The van der Waals surface area contributed by atoms with Crippen molar-refractivity contribution in [1.29, 1.82) is 0 Å². The van der Waals surface area contributed by atoms with E-state index in [9.17, 15) is 31.5 Å². The maximum absolute atomic E-state index is 14.1. The predicted molar refractivity (Wildman–Crippen MR) is 134 cm³/mol. The number of amides is 2. The van der Waals surface area contributed by atoms with E-state index >= 15 is 0 Å². The van der Waals surface area contributed by atoms with E-state index in [1.54, 1.807) is 18.7 Å². The monoisotopic (exact) mass is 548 g/mol. The van der Waals surface area contributed by atoms with E-state index < -0.39 is 29.3 Å². The van der Waals surface area contributed by atoms with E-state index in [4.69, 9.17) is 0 Å². The zero-order valence-corrected chi connectivity index (χ0v) is 21.9. The number of likely N-dealkylation sites (tertiary alicyclic amines) is 1. The molecule has 2 heterocycles. The third kappa shape index (κ3) is 5.97. The quantitative estimate of drug-likeness (QED) is 0.381. The van der Waals surface area contributed by atoms with Gasteiger partial charge in [0.2, 0.25) is 5.91 Å². The third-order valence-corrected chi connectivity index (χ3v) is 7.26. The van der Waals surface area contributed by atoms with Crippen LogP contribution < -0.4 is 0 Å². The summed E-state index contributed by atoms with van der Waals surface area (Å²) in [7, 11) is 1.65. The summed E-state index contributed by atoms with van der Waals surface area (Å²) >= 11 is 0. The summed E-state index contributed by atoms with van der Waals surface area (Å²) < 4.78 is 70.0. The van der Waals surface area contributed by atoms with Crippen LogP contribution >= 0.6 is 0 Å². The van der Waals surface area contributed by atoms with Gasteiger partial charge < -0.3 is 9.80 Å². The van der Waals surface area contributed by atoms with Gasteiger partial charge in [-0.2, -0.15) is 18.3 Å². The Morgan fingerprint density at radius 1 is 1.05 bits per heavy atom. The minimum atomic E-state index is -5.04. The minimum absolute atomic E-state index is 0.132. The van der Waals surface area contributed by atoms with Crippen LogP contribution in [0.25, 0.3) is 0 Å². The van der Waals surface area contributed by atoms with Crippen molar-refractivity contribution in [3.63, 3.8) is 0 Å². The van der Waals surface area contributed by atoms with Gasteiger partial charge in [0.15, 0.2) is 17.3 Å². The molecular formula is C28H29F5N4O2. The molecule has 0 N–H and O–H groups in total. The average molecular weight is 549 g/mol. The summed E-state index contributed by atoms with van der Waals surface area (Å²) in [5, 5.41) is 4.58. The lowest BCUT2D eigenvalue weighted by Gasteiger charge is -2.33. The van der Waals surface area contributed by atoms with Crippen molar-refractivity contribution in [2.24, 2.45) is 0 Å². The van der Waals surface area contributed by atoms with E-state index in [0.717, 1.165) is 11.6 Å². The summed E-state index contributed by atoms with van der Waals surface area (Å²) in [5.41, 5.74) is 0.601. The SMILES string of the molecule is CC(=O)N(C)Cc1c(C)c(C(=O)N2CCC(c3ccc(F)c(F)c3C(F)(F)F)CC2)nn1Cc1ccccc1. The number of hydrogen-bond acceptors (Lipinski definition) is 3. The van der Waals surface area contributed by atoms with Gasteiger partial charge in [0.05, 0.1) is 24.3 Å². The van der Waals surface area contributed by atoms with Crippen molar-refractivity contribution >= 4 is 11.8 Å². The molecule has 1 aliphatic rings. The lowest BCUT2D eigenvalue weighted by molar-refractivity contribution is -0.141. The molecule has 3 aromatic rings. The van der Waals surface area contributed by atoms with Crippen LogP contribution in [0.5, 0.6) is 0 Å². The molecule has 1 aliphatic heterocycles. The fraction of sp³-hybridized carbons (Fsp3) is 0.393. The highest BCUT2D eigenvalue weighted by atomic mass is 19.4. The van der Waals surface area contributed by atoms with Crippen molar-refractivity contribution in [3.05, 3.63) is 87.7 Å². The standard InChI is InChI=1S/C28H29F5N4O2/c1-17-23(16-35(3)18(2)38)37(15-19-7-5-4-6-8-19)34-26(17)27(39)36-13-11-20(12-14-36)21-9-10-22(29)25(30)24(21)28(31,32)33/h4-10,20H,11-16H2,1-3H3. The van der Waals surface area contributed by atoms with Crippen LogP contribution in [0.3, 0.4) is 0 Å². The number of nitrogens with zero attached hydrogens (tertiary/aromatic N) is 4. The number of rotatable bonds is 6. The van der Waals surface area contributed by atoms with E-state index in [-0.39, 0.29) is 55.5 Å². The molecule has 2 aromatic carbocycles. The van der Waals surface area contributed by atoms with Crippen LogP contribution in [-0.2, 0) is 24.1 Å². The molecule has 39 heavy (non-hydrogen) atoms. The molecule has 208 valence electrons. The summed E-state index contributed by atoms with van der Waals surface area (Å²) in [5.74, 6) is -4.65. The second-order valence-corrected chi connectivity index (χ2v) is 9.83. The van der Waals surface area contributed by atoms with Gasteiger partial charge in [0.1, 0.15) is 0 Å². The molecule has 0 atom stereocenters. The number of hydrogen-bond donors (Lipinski definition) is 0. The van der Waals surface area contributed by atoms with Gasteiger partial charge in [-0.3, -0.25) is 14.3 Å². The highest BCUT2D eigenvalue weighted by Crippen LogP contribution is 2.41. The van der Waals surface area contributed by atoms with Crippen molar-refractivity contribution < 1.29 is 31.5 Å². The number of carbonyl (C=O) groups is 2. The van der Waals surface area contributed by atoms with Crippen LogP contribution in [0.2, 0.25) is 0 Å². The predicted octanol–water partition coefficient (Wildman–Crippen LogP) is 5.53. The molecular weight excluding hydrogens is 519 g/mol. The van der Waals surface area contributed by atoms with Crippen LogP contribution in [-0.4, -0.2) is 51.5 Å². The summed E-state index contributed by atoms with van der Waals surface area (Å²) in [6.45, 7) is 4.09. The average Bonchev–Trinajstić information content (AvgIpc) is 3.19. The molecule has 1 aromatic heterocycles. The van der Waals surface area contributed by atoms with Crippen LogP contribution in [0.4, 0.5) is 22.0 Å². The lowest BCUT2D eigenvalue weighted by Crippen LogP contribution is -2.38. The molecule has 6 nitrogen and oxygen atoms in total. The van der Waals surface area contributed by atoms with E-state index in [2.05, 4.69) is 5.10 Å². The Bertz CT molecular complexity index is 1360. The van der Waals surface area contributed by atoms with Crippen LogP contribution in [0, 0.1) is 18.6 Å². The maximum atomic E-state index is 14.1. The first kappa shape index (κ1) is 28.3. The summed E-state index contributed by atoms with van der Waals surface area (Å²) in [4.78, 5) is 28.4. The molecule has 1 fully saturated rings. The van der Waals surface area contributed by atoms with Gasteiger partial charge in [0, 0.05) is 32.6 Å². The Labute approximate surface area is 223 Å². The van der Waals surface area contributed by atoms with E-state index in [1.807, 2.05) is 30.3 Å². The first-order valence-electron chi connectivity index (χ1n) is 12.5.